The van der Waals surface area contributed by atoms with Crippen molar-refractivity contribution in [3.63, 3.8) is 0 Å². The summed E-state index contributed by atoms with van der Waals surface area (Å²) in [5.74, 6) is -1.04. The Hall–Kier alpha value is -1.96. The molecule has 1 saturated carbocycles. The fourth-order valence-corrected chi connectivity index (χ4v) is 4.88. The molecule has 29 heavy (non-hydrogen) atoms. The summed E-state index contributed by atoms with van der Waals surface area (Å²) < 4.78 is 0. The van der Waals surface area contributed by atoms with E-state index in [1.54, 1.807) is 24.3 Å². The van der Waals surface area contributed by atoms with Crippen LogP contribution < -0.4 is 0 Å². The van der Waals surface area contributed by atoms with Crippen molar-refractivity contribution < 1.29 is 24.6 Å². The highest BCUT2D eigenvalue weighted by Crippen LogP contribution is 2.45. The summed E-state index contributed by atoms with van der Waals surface area (Å²) in [5.41, 5.74) is -0.889. The van der Waals surface area contributed by atoms with Gasteiger partial charge in [0.1, 0.15) is 0 Å². The molecule has 0 radical (unpaired) electrons. The van der Waals surface area contributed by atoms with Crippen molar-refractivity contribution >= 4 is 29.3 Å². The quantitative estimate of drug-likeness (QED) is 0.618. The van der Waals surface area contributed by atoms with Gasteiger partial charge in [-0.1, -0.05) is 42.6 Å². The van der Waals surface area contributed by atoms with Gasteiger partial charge in [-0.3, -0.25) is 19.3 Å². The van der Waals surface area contributed by atoms with E-state index in [1.807, 2.05) is 0 Å². The van der Waals surface area contributed by atoms with Crippen LogP contribution in [0.15, 0.2) is 24.3 Å². The second-order valence-electron chi connectivity index (χ2n) is 7.75. The van der Waals surface area contributed by atoms with Gasteiger partial charge < -0.3 is 15.1 Å². The Labute approximate surface area is 175 Å². The molecular weight excluding hydrogens is 396 g/mol. The highest BCUT2D eigenvalue weighted by Gasteiger charge is 2.56. The largest absolute Gasteiger partial charge is 0.395 e. The average molecular weight is 423 g/mol. The van der Waals surface area contributed by atoms with Gasteiger partial charge in [0.05, 0.1) is 18.6 Å². The minimum atomic E-state index is -1.36. The van der Waals surface area contributed by atoms with Gasteiger partial charge in [0, 0.05) is 37.0 Å². The predicted octanol–water partition coefficient (Wildman–Crippen LogP) is 1.48. The molecule has 7 nitrogen and oxygen atoms in total. The fraction of sp³-hybridized carbons (Fsp3) is 0.571. The maximum Gasteiger partial charge on any atom is 0.241 e. The van der Waals surface area contributed by atoms with Crippen molar-refractivity contribution in [2.75, 3.05) is 26.3 Å². The number of aliphatic hydroxyl groups excluding tert-OH is 2. The first-order valence-corrected chi connectivity index (χ1v) is 10.4. The average Bonchev–Trinajstić information content (AvgIpc) is 3.29. The number of benzene rings is 1. The number of halogens is 1. The molecular formula is C21H27ClN2O5. The molecule has 158 valence electrons. The SMILES string of the molecule is O=C(CC1(c2ccccc2Cl)CC(=O)N(C2CCCC2)C1=O)N(CCO)CCO. The third kappa shape index (κ3) is 4.17. The molecule has 1 aromatic rings. The molecule has 2 N–H and O–H groups in total. The lowest BCUT2D eigenvalue weighted by molar-refractivity contribution is -0.145. The third-order valence-electron chi connectivity index (χ3n) is 5.97. The van der Waals surface area contributed by atoms with Crippen LogP contribution in [0.25, 0.3) is 0 Å². The monoisotopic (exact) mass is 422 g/mol. The van der Waals surface area contributed by atoms with Crippen LogP contribution in [0.2, 0.25) is 5.02 Å². The first-order chi connectivity index (χ1) is 13.9. The summed E-state index contributed by atoms with van der Waals surface area (Å²) >= 11 is 6.41. The van der Waals surface area contributed by atoms with Gasteiger partial charge in [-0.15, -0.1) is 0 Å². The van der Waals surface area contributed by atoms with E-state index in [2.05, 4.69) is 0 Å². The number of carbonyl (C=O) groups is 3. The van der Waals surface area contributed by atoms with Crippen molar-refractivity contribution in [3.05, 3.63) is 34.9 Å². The molecule has 2 fully saturated rings. The van der Waals surface area contributed by atoms with Crippen LogP contribution in [-0.2, 0) is 19.8 Å². The normalized spacial score (nSPS) is 22.5. The maximum atomic E-state index is 13.6. The van der Waals surface area contributed by atoms with Crippen molar-refractivity contribution in [1.29, 1.82) is 0 Å². The zero-order chi connectivity index (χ0) is 21.0. The van der Waals surface area contributed by atoms with Crippen LogP contribution in [0.3, 0.4) is 0 Å². The molecule has 1 atom stereocenters. The molecule has 3 rings (SSSR count). The lowest BCUT2D eigenvalue weighted by Crippen LogP contribution is -2.46. The van der Waals surface area contributed by atoms with E-state index in [9.17, 15) is 24.6 Å². The van der Waals surface area contributed by atoms with Crippen LogP contribution >= 0.6 is 11.6 Å². The van der Waals surface area contributed by atoms with E-state index in [1.165, 1.54) is 9.80 Å². The second-order valence-corrected chi connectivity index (χ2v) is 8.16. The molecule has 1 heterocycles. The Morgan fingerprint density at radius 3 is 2.34 bits per heavy atom. The number of amides is 3. The Balaban J connectivity index is 2.00. The lowest BCUT2D eigenvalue weighted by atomic mass is 9.75. The van der Waals surface area contributed by atoms with Crippen molar-refractivity contribution in [3.8, 4) is 0 Å². The molecule has 0 aromatic heterocycles. The van der Waals surface area contributed by atoms with Crippen LogP contribution in [0.4, 0.5) is 0 Å². The summed E-state index contributed by atoms with van der Waals surface area (Å²) in [6.45, 7) is -0.420. The van der Waals surface area contributed by atoms with Crippen LogP contribution in [0, 0.1) is 0 Å². The number of hydrogen-bond donors (Lipinski definition) is 2. The third-order valence-corrected chi connectivity index (χ3v) is 6.30. The van der Waals surface area contributed by atoms with Gasteiger partial charge in [0.2, 0.25) is 17.7 Å². The number of likely N-dealkylation sites (tertiary alicyclic amines) is 1. The van der Waals surface area contributed by atoms with Crippen LogP contribution in [0.1, 0.15) is 44.1 Å². The van der Waals surface area contributed by atoms with Crippen LogP contribution in [-0.4, -0.2) is 70.1 Å². The summed E-state index contributed by atoms with van der Waals surface area (Å²) in [6, 6.07) is 6.70. The smallest absolute Gasteiger partial charge is 0.241 e. The van der Waals surface area contributed by atoms with Crippen molar-refractivity contribution in [1.82, 2.24) is 9.80 Å². The summed E-state index contributed by atoms with van der Waals surface area (Å²) in [6.07, 6.45) is 3.17. The Bertz CT molecular complexity index is 774. The van der Waals surface area contributed by atoms with Gasteiger partial charge in [-0.05, 0) is 24.5 Å². The number of carbonyl (C=O) groups excluding carboxylic acids is 3. The second kappa shape index (κ2) is 9.24. The van der Waals surface area contributed by atoms with Gasteiger partial charge in [0.15, 0.2) is 0 Å². The van der Waals surface area contributed by atoms with E-state index in [-0.39, 0.29) is 57.0 Å². The zero-order valence-electron chi connectivity index (χ0n) is 16.3. The molecule has 1 unspecified atom stereocenters. The minimum absolute atomic E-state index is 0.0481. The number of rotatable bonds is 8. The topological polar surface area (TPSA) is 98.2 Å². The number of nitrogens with zero attached hydrogens (tertiary/aromatic N) is 2. The van der Waals surface area contributed by atoms with Gasteiger partial charge in [-0.25, -0.2) is 0 Å². The van der Waals surface area contributed by atoms with E-state index >= 15 is 0 Å². The van der Waals surface area contributed by atoms with Crippen molar-refractivity contribution in [2.24, 2.45) is 0 Å². The molecule has 3 amide bonds. The minimum Gasteiger partial charge on any atom is -0.395 e. The van der Waals surface area contributed by atoms with Gasteiger partial charge >= 0.3 is 0 Å². The Morgan fingerprint density at radius 1 is 1.14 bits per heavy atom. The molecule has 2 aliphatic rings. The van der Waals surface area contributed by atoms with E-state index in [0.29, 0.717) is 10.6 Å². The maximum absolute atomic E-state index is 13.6. The first-order valence-electron chi connectivity index (χ1n) is 10.1. The Kier molecular flexibility index (Phi) is 6.93. The van der Waals surface area contributed by atoms with Crippen LogP contribution in [0.5, 0.6) is 0 Å². The van der Waals surface area contributed by atoms with Crippen molar-refractivity contribution in [2.45, 2.75) is 50.0 Å². The molecule has 1 aromatic carbocycles. The highest BCUT2D eigenvalue weighted by atomic mass is 35.5. The molecule has 0 spiro atoms. The summed E-state index contributed by atoms with van der Waals surface area (Å²) in [7, 11) is 0. The molecule has 1 saturated heterocycles. The predicted molar refractivity (Wildman–Crippen MR) is 107 cm³/mol. The Morgan fingerprint density at radius 2 is 1.76 bits per heavy atom. The lowest BCUT2D eigenvalue weighted by Gasteiger charge is -2.32. The van der Waals surface area contributed by atoms with E-state index in [0.717, 1.165) is 25.7 Å². The number of imide groups is 1. The molecule has 8 heteroatoms. The standard InChI is InChI=1S/C21H27ClN2O5/c22-17-8-4-3-7-16(17)21(13-18(27)23(9-11-25)10-12-26)14-19(28)24(20(21)29)15-5-1-2-6-15/h3-4,7-8,15,25-26H,1-2,5-6,9-14H2. The van der Waals surface area contributed by atoms with Gasteiger partial charge in [0.25, 0.3) is 0 Å². The zero-order valence-corrected chi connectivity index (χ0v) is 17.1. The van der Waals surface area contributed by atoms with Gasteiger partial charge in [-0.2, -0.15) is 0 Å². The summed E-state index contributed by atoms with van der Waals surface area (Å²) in [4.78, 5) is 42.3. The van der Waals surface area contributed by atoms with E-state index in [4.69, 9.17) is 11.6 Å². The van der Waals surface area contributed by atoms with E-state index < -0.39 is 11.3 Å². The highest BCUT2D eigenvalue weighted by molar-refractivity contribution is 6.32. The summed E-state index contributed by atoms with van der Waals surface area (Å²) in [5, 5.41) is 18.8. The molecule has 1 aliphatic carbocycles. The number of aliphatic hydroxyl groups is 2. The molecule has 0 bridgehead atoms. The first kappa shape index (κ1) is 21.7. The fourth-order valence-electron chi connectivity index (χ4n) is 4.56. The number of hydrogen-bond acceptors (Lipinski definition) is 5. The molecule has 1 aliphatic heterocycles.